The third-order valence-corrected chi connectivity index (χ3v) is 7.30. The Kier molecular flexibility index (Phi) is 6.92. The van der Waals surface area contributed by atoms with Gasteiger partial charge in [0, 0.05) is 38.5 Å². The molecule has 3 amide bonds. The minimum atomic E-state index is -0.502. The Bertz CT molecular complexity index is 1510. The summed E-state index contributed by atoms with van der Waals surface area (Å²) in [5.41, 5.74) is 3.26. The Morgan fingerprint density at radius 1 is 1.00 bits per heavy atom. The van der Waals surface area contributed by atoms with Gasteiger partial charge in [-0.3, -0.25) is 19.3 Å². The second-order valence-electron chi connectivity index (χ2n) is 8.18. The summed E-state index contributed by atoms with van der Waals surface area (Å²) in [5, 5.41) is 3.14. The molecule has 6 nitrogen and oxygen atoms in total. The van der Waals surface area contributed by atoms with Crippen LogP contribution in [0.3, 0.4) is 0 Å². The van der Waals surface area contributed by atoms with Crippen molar-refractivity contribution >= 4 is 74.1 Å². The maximum atomic E-state index is 13.3. The van der Waals surface area contributed by atoms with Crippen molar-refractivity contribution in [2.24, 2.45) is 0 Å². The van der Waals surface area contributed by atoms with Crippen LogP contribution in [0.5, 0.6) is 0 Å². The van der Waals surface area contributed by atoms with Crippen molar-refractivity contribution in [3.8, 4) is 0 Å². The highest BCUT2D eigenvalue weighted by atomic mass is 127. The molecule has 1 N–H and O–H groups in total. The molecule has 1 fully saturated rings. The standard InChI is InChI=1S/C27H19FIN3O3S/c28-19-7-5-17(6-8-19)14-31-15-18(22-3-1-2-4-23(22)31)13-24-26(34)32(27(35)36-24)16-25(33)30-21-11-9-20(29)10-12-21/h1-13,15H,14,16H2,(H,30,33)/b24-13-. The number of thioether (sulfide) groups is 1. The molecule has 0 radical (unpaired) electrons. The molecular weight excluding hydrogens is 592 g/mol. The van der Waals surface area contributed by atoms with Crippen LogP contribution in [-0.2, 0) is 16.1 Å². The molecular formula is C27H19FIN3O3S. The summed E-state index contributed by atoms with van der Waals surface area (Å²) in [7, 11) is 0. The summed E-state index contributed by atoms with van der Waals surface area (Å²) >= 11 is 2.98. The molecule has 0 bridgehead atoms. The Morgan fingerprint density at radius 2 is 1.72 bits per heavy atom. The Labute approximate surface area is 224 Å². The van der Waals surface area contributed by atoms with Gasteiger partial charge in [-0.15, -0.1) is 0 Å². The van der Waals surface area contributed by atoms with Gasteiger partial charge < -0.3 is 9.88 Å². The monoisotopic (exact) mass is 611 g/mol. The highest BCUT2D eigenvalue weighted by Gasteiger charge is 2.36. The molecule has 1 aliphatic rings. The van der Waals surface area contributed by atoms with Crippen LogP contribution >= 0.6 is 34.4 Å². The number of imide groups is 1. The van der Waals surface area contributed by atoms with Crippen LogP contribution in [0, 0.1) is 9.39 Å². The second kappa shape index (κ2) is 10.3. The minimum absolute atomic E-state index is 0.256. The van der Waals surface area contributed by atoms with Crippen molar-refractivity contribution in [3.63, 3.8) is 0 Å². The first-order valence-electron chi connectivity index (χ1n) is 11.0. The van der Waals surface area contributed by atoms with E-state index in [0.717, 1.165) is 42.3 Å². The molecule has 180 valence electrons. The van der Waals surface area contributed by atoms with E-state index >= 15 is 0 Å². The number of rotatable bonds is 6. The van der Waals surface area contributed by atoms with Crippen molar-refractivity contribution in [2.45, 2.75) is 6.54 Å². The number of fused-ring (bicyclic) bond motifs is 1. The summed E-state index contributed by atoms with van der Waals surface area (Å²) in [5.74, 6) is -1.24. The van der Waals surface area contributed by atoms with Crippen LogP contribution in [0.2, 0.25) is 0 Å². The van der Waals surface area contributed by atoms with Gasteiger partial charge in [-0.2, -0.15) is 0 Å². The molecule has 0 aliphatic carbocycles. The average Bonchev–Trinajstić information content (AvgIpc) is 3.34. The lowest BCUT2D eigenvalue weighted by atomic mass is 10.1. The highest BCUT2D eigenvalue weighted by Crippen LogP contribution is 2.34. The zero-order valence-electron chi connectivity index (χ0n) is 18.8. The molecule has 3 aromatic carbocycles. The van der Waals surface area contributed by atoms with Gasteiger partial charge in [-0.1, -0.05) is 30.3 Å². The van der Waals surface area contributed by atoms with Gasteiger partial charge in [0.15, 0.2) is 0 Å². The van der Waals surface area contributed by atoms with Gasteiger partial charge in [0.1, 0.15) is 12.4 Å². The van der Waals surface area contributed by atoms with E-state index in [1.165, 1.54) is 12.1 Å². The average molecular weight is 611 g/mol. The predicted octanol–water partition coefficient (Wildman–Crippen LogP) is 6.11. The molecule has 4 aromatic rings. The summed E-state index contributed by atoms with van der Waals surface area (Å²) < 4.78 is 16.4. The number of carbonyl (C=O) groups excluding carboxylic acids is 3. The quantitative estimate of drug-likeness (QED) is 0.211. The van der Waals surface area contributed by atoms with Gasteiger partial charge in [-0.25, -0.2) is 4.39 Å². The number of hydrogen-bond donors (Lipinski definition) is 1. The normalized spacial score (nSPS) is 14.7. The first kappa shape index (κ1) is 24.3. The molecule has 0 saturated carbocycles. The van der Waals surface area contributed by atoms with E-state index in [2.05, 4.69) is 27.9 Å². The molecule has 0 atom stereocenters. The van der Waals surface area contributed by atoms with Gasteiger partial charge in [0.2, 0.25) is 5.91 Å². The fourth-order valence-corrected chi connectivity index (χ4v) is 5.15. The molecule has 9 heteroatoms. The van der Waals surface area contributed by atoms with E-state index in [4.69, 9.17) is 0 Å². The second-order valence-corrected chi connectivity index (χ2v) is 10.4. The van der Waals surface area contributed by atoms with E-state index in [0.29, 0.717) is 12.2 Å². The number of carbonyl (C=O) groups is 3. The van der Waals surface area contributed by atoms with Gasteiger partial charge >= 0.3 is 0 Å². The van der Waals surface area contributed by atoms with Crippen molar-refractivity contribution in [2.75, 3.05) is 11.9 Å². The largest absolute Gasteiger partial charge is 0.342 e. The topological polar surface area (TPSA) is 71.4 Å². The summed E-state index contributed by atoms with van der Waals surface area (Å²) in [6, 6.07) is 21.3. The molecule has 36 heavy (non-hydrogen) atoms. The Balaban J connectivity index is 1.36. The number of hydrogen-bond acceptors (Lipinski definition) is 4. The molecule has 0 unspecified atom stereocenters. The molecule has 2 heterocycles. The lowest BCUT2D eigenvalue weighted by molar-refractivity contribution is -0.127. The maximum Gasteiger partial charge on any atom is 0.294 e. The van der Waals surface area contributed by atoms with Crippen LogP contribution in [0.1, 0.15) is 11.1 Å². The minimum Gasteiger partial charge on any atom is -0.342 e. The first-order valence-corrected chi connectivity index (χ1v) is 12.9. The lowest BCUT2D eigenvalue weighted by Crippen LogP contribution is -2.36. The molecule has 0 spiro atoms. The maximum absolute atomic E-state index is 13.3. The van der Waals surface area contributed by atoms with Crippen LogP contribution in [-0.4, -0.2) is 33.1 Å². The van der Waals surface area contributed by atoms with Gasteiger partial charge in [0.05, 0.1) is 4.91 Å². The zero-order chi connectivity index (χ0) is 25.2. The summed E-state index contributed by atoms with van der Waals surface area (Å²) in [4.78, 5) is 39.3. The fourth-order valence-electron chi connectivity index (χ4n) is 3.96. The molecule has 1 aromatic heterocycles. The highest BCUT2D eigenvalue weighted by molar-refractivity contribution is 14.1. The Hall–Kier alpha value is -3.44. The molecule has 5 rings (SSSR count). The first-order chi connectivity index (χ1) is 17.4. The van der Waals surface area contributed by atoms with E-state index in [1.807, 2.05) is 47.2 Å². The summed E-state index contributed by atoms with van der Waals surface area (Å²) in [6.45, 7) is 0.162. The van der Waals surface area contributed by atoms with E-state index in [9.17, 15) is 18.8 Å². The van der Waals surface area contributed by atoms with Crippen molar-refractivity contribution in [3.05, 3.63) is 104 Å². The van der Waals surface area contributed by atoms with Crippen molar-refractivity contribution in [1.29, 1.82) is 0 Å². The third-order valence-electron chi connectivity index (χ3n) is 5.68. The number of halogens is 2. The smallest absolute Gasteiger partial charge is 0.294 e. The van der Waals surface area contributed by atoms with Crippen molar-refractivity contribution < 1.29 is 18.8 Å². The number of para-hydroxylation sites is 1. The van der Waals surface area contributed by atoms with E-state index < -0.39 is 17.1 Å². The van der Waals surface area contributed by atoms with E-state index in [1.54, 1.807) is 30.3 Å². The molecule has 1 saturated heterocycles. The zero-order valence-corrected chi connectivity index (χ0v) is 21.8. The van der Waals surface area contributed by atoms with Crippen LogP contribution in [0.15, 0.2) is 83.9 Å². The number of benzene rings is 3. The number of amides is 3. The predicted molar refractivity (Wildman–Crippen MR) is 148 cm³/mol. The number of anilines is 1. The lowest BCUT2D eigenvalue weighted by Gasteiger charge is -2.12. The van der Waals surface area contributed by atoms with Crippen LogP contribution < -0.4 is 5.32 Å². The van der Waals surface area contributed by atoms with Gasteiger partial charge in [-0.05, 0) is 88.5 Å². The van der Waals surface area contributed by atoms with Crippen LogP contribution in [0.25, 0.3) is 17.0 Å². The van der Waals surface area contributed by atoms with Gasteiger partial charge in [0.25, 0.3) is 11.1 Å². The SMILES string of the molecule is O=C(CN1C(=O)S/C(=C\c2cn(Cc3ccc(F)cc3)c3ccccc23)C1=O)Nc1ccc(I)cc1. The molecule has 1 aliphatic heterocycles. The number of aromatic nitrogens is 1. The third kappa shape index (κ3) is 5.21. The summed E-state index contributed by atoms with van der Waals surface area (Å²) in [6.07, 6.45) is 3.59. The number of nitrogens with zero attached hydrogens (tertiary/aromatic N) is 2. The van der Waals surface area contributed by atoms with E-state index in [-0.39, 0.29) is 17.3 Å². The van der Waals surface area contributed by atoms with Crippen molar-refractivity contribution in [1.82, 2.24) is 9.47 Å². The fraction of sp³-hybridized carbons (Fsp3) is 0.0741. The van der Waals surface area contributed by atoms with Crippen LogP contribution in [0.4, 0.5) is 14.9 Å². The number of nitrogens with one attached hydrogen (secondary N) is 1. The Morgan fingerprint density at radius 3 is 2.47 bits per heavy atom.